The molecule has 3 rings (SSSR count). The summed E-state index contributed by atoms with van der Waals surface area (Å²) in [5.41, 5.74) is 0.294. The number of methoxy groups -OCH3 is 1. The zero-order chi connectivity index (χ0) is 20.4. The number of nitrogens with zero attached hydrogens (tertiary/aromatic N) is 2. The predicted molar refractivity (Wildman–Crippen MR) is 108 cm³/mol. The molecule has 0 aliphatic carbocycles. The van der Waals surface area contributed by atoms with Gasteiger partial charge in [0.05, 0.1) is 27.8 Å². The number of nitro groups is 1. The number of anilines is 1. The van der Waals surface area contributed by atoms with Gasteiger partial charge >= 0.3 is 0 Å². The van der Waals surface area contributed by atoms with E-state index in [2.05, 4.69) is 10.3 Å². The minimum absolute atomic E-state index is 0.125. The number of aromatic nitrogens is 1. The highest BCUT2D eigenvalue weighted by Crippen LogP contribution is 2.36. The number of fused-ring (bicyclic) bond motifs is 1. The van der Waals surface area contributed by atoms with Crippen molar-refractivity contribution in [2.75, 3.05) is 12.4 Å². The van der Waals surface area contributed by atoms with Crippen LogP contribution in [0.2, 0.25) is 10.0 Å². The number of hydrogen-bond acceptors (Lipinski definition) is 7. The number of halogens is 2. The number of nitro benzene ring substituents is 1. The molecular formula is C17H13Cl2N3O5S. The largest absolute Gasteiger partial charge is 0.494 e. The maximum absolute atomic E-state index is 12.4. The van der Waals surface area contributed by atoms with Gasteiger partial charge in [-0.3, -0.25) is 20.2 Å². The van der Waals surface area contributed by atoms with Crippen molar-refractivity contribution in [2.45, 2.75) is 13.0 Å². The first-order chi connectivity index (χ1) is 13.3. The third-order valence-electron chi connectivity index (χ3n) is 3.67. The van der Waals surface area contributed by atoms with Crippen LogP contribution >= 0.6 is 34.5 Å². The van der Waals surface area contributed by atoms with Gasteiger partial charge in [0.2, 0.25) is 0 Å². The SMILES string of the molecule is COc1cc([N+](=O)[O-])cc2sc(NC(=O)[C@@H](C)Oc3ccc(Cl)cc3Cl)nc12. The Kier molecular flexibility index (Phi) is 5.87. The van der Waals surface area contributed by atoms with Crippen molar-refractivity contribution < 1.29 is 19.2 Å². The molecule has 1 aromatic heterocycles. The molecule has 0 spiro atoms. The number of benzene rings is 2. The van der Waals surface area contributed by atoms with Gasteiger partial charge in [-0.1, -0.05) is 34.5 Å². The van der Waals surface area contributed by atoms with Crippen LogP contribution in [0, 0.1) is 10.1 Å². The van der Waals surface area contributed by atoms with E-state index in [1.165, 1.54) is 25.3 Å². The fourth-order valence-electron chi connectivity index (χ4n) is 2.32. The lowest BCUT2D eigenvalue weighted by Gasteiger charge is -2.14. The van der Waals surface area contributed by atoms with Crippen LogP contribution in [0.4, 0.5) is 10.8 Å². The Balaban J connectivity index is 1.79. The van der Waals surface area contributed by atoms with E-state index in [4.69, 9.17) is 32.7 Å². The molecule has 1 atom stereocenters. The van der Waals surface area contributed by atoms with Gasteiger partial charge < -0.3 is 9.47 Å². The first-order valence-electron chi connectivity index (χ1n) is 7.84. The highest BCUT2D eigenvalue weighted by molar-refractivity contribution is 7.22. The summed E-state index contributed by atoms with van der Waals surface area (Å²) in [6.07, 6.45) is -0.873. The van der Waals surface area contributed by atoms with E-state index >= 15 is 0 Å². The van der Waals surface area contributed by atoms with E-state index in [0.29, 0.717) is 21.0 Å². The number of amides is 1. The van der Waals surface area contributed by atoms with Crippen LogP contribution in [-0.4, -0.2) is 29.0 Å². The van der Waals surface area contributed by atoms with Crippen molar-refractivity contribution in [3.05, 3.63) is 50.5 Å². The molecule has 1 heterocycles. The Morgan fingerprint density at radius 1 is 1.29 bits per heavy atom. The van der Waals surface area contributed by atoms with Crippen molar-refractivity contribution in [3.8, 4) is 11.5 Å². The second kappa shape index (κ2) is 8.17. The average molecular weight is 442 g/mol. The molecular weight excluding hydrogens is 429 g/mol. The smallest absolute Gasteiger partial charge is 0.274 e. The first-order valence-corrected chi connectivity index (χ1v) is 9.41. The van der Waals surface area contributed by atoms with Crippen LogP contribution < -0.4 is 14.8 Å². The van der Waals surface area contributed by atoms with Crippen molar-refractivity contribution in [1.29, 1.82) is 0 Å². The average Bonchev–Trinajstić information content (AvgIpc) is 3.05. The third kappa shape index (κ3) is 4.27. The van der Waals surface area contributed by atoms with Gasteiger partial charge in [-0.2, -0.15) is 0 Å². The monoisotopic (exact) mass is 441 g/mol. The number of carbonyl (C=O) groups is 1. The van der Waals surface area contributed by atoms with Crippen molar-refractivity contribution in [1.82, 2.24) is 4.98 Å². The summed E-state index contributed by atoms with van der Waals surface area (Å²) in [6, 6.07) is 7.33. The van der Waals surface area contributed by atoms with E-state index in [9.17, 15) is 14.9 Å². The Morgan fingerprint density at radius 3 is 2.68 bits per heavy atom. The first kappa shape index (κ1) is 20.1. The normalized spacial score (nSPS) is 11.9. The van der Waals surface area contributed by atoms with Gasteiger partial charge in [-0.25, -0.2) is 4.98 Å². The fourth-order valence-corrected chi connectivity index (χ4v) is 3.69. The number of nitrogens with one attached hydrogen (secondary N) is 1. The number of rotatable bonds is 6. The number of carbonyl (C=O) groups excluding carboxylic acids is 1. The molecule has 28 heavy (non-hydrogen) atoms. The number of thiazole rings is 1. The molecule has 0 unspecified atom stereocenters. The number of non-ortho nitro benzene ring substituents is 1. The summed E-state index contributed by atoms with van der Waals surface area (Å²) in [5, 5.41) is 14.7. The van der Waals surface area contributed by atoms with Crippen LogP contribution in [0.1, 0.15) is 6.92 Å². The minimum Gasteiger partial charge on any atom is -0.494 e. The zero-order valence-corrected chi connectivity index (χ0v) is 16.9. The highest BCUT2D eigenvalue weighted by atomic mass is 35.5. The standard InChI is InChI=1S/C17H13Cl2N3O5S/c1-8(27-12-4-3-9(18)5-11(12)19)16(23)21-17-20-15-13(26-2)6-10(22(24)25)7-14(15)28-17/h3-8H,1-2H3,(H,20,21,23)/t8-/m1/s1. The van der Waals surface area contributed by atoms with Crippen LogP contribution in [-0.2, 0) is 4.79 Å². The predicted octanol–water partition coefficient (Wildman–Crippen LogP) is 4.93. The van der Waals surface area contributed by atoms with Crippen molar-refractivity contribution in [2.24, 2.45) is 0 Å². The van der Waals surface area contributed by atoms with Crippen LogP contribution in [0.25, 0.3) is 10.2 Å². The maximum Gasteiger partial charge on any atom is 0.274 e. The summed E-state index contributed by atoms with van der Waals surface area (Å²) in [5.74, 6) is 0.104. The van der Waals surface area contributed by atoms with Crippen molar-refractivity contribution in [3.63, 3.8) is 0 Å². The molecule has 3 aromatic rings. The van der Waals surface area contributed by atoms with E-state index in [0.717, 1.165) is 11.3 Å². The molecule has 0 saturated carbocycles. The Hall–Kier alpha value is -2.62. The Labute approximate surface area is 173 Å². The topological polar surface area (TPSA) is 104 Å². The molecule has 0 saturated heterocycles. The molecule has 11 heteroatoms. The lowest BCUT2D eigenvalue weighted by molar-refractivity contribution is -0.384. The quantitative estimate of drug-likeness (QED) is 0.429. The summed E-state index contributed by atoms with van der Waals surface area (Å²) < 4.78 is 11.2. The van der Waals surface area contributed by atoms with Crippen LogP contribution in [0.5, 0.6) is 11.5 Å². The molecule has 1 amide bonds. The van der Waals surface area contributed by atoms with Gasteiger partial charge in [-0.05, 0) is 25.1 Å². The summed E-state index contributed by atoms with van der Waals surface area (Å²) >= 11 is 13.0. The van der Waals surface area contributed by atoms with E-state index in [-0.39, 0.29) is 21.6 Å². The van der Waals surface area contributed by atoms with E-state index in [1.807, 2.05) is 0 Å². The van der Waals surface area contributed by atoms with Crippen molar-refractivity contribution >= 4 is 61.5 Å². The number of hydrogen-bond donors (Lipinski definition) is 1. The molecule has 0 aliphatic heterocycles. The second-order valence-electron chi connectivity index (χ2n) is 5.59. The van der Waals surface area contributed by atoms with Gasteiger partial charge in [0.1, 0.15) is 11.3 Å². The molecule has 0 radical (unpaired) electrons. The molecule has 146 valence electrons. The molecule has 0 bridgehead atoms. The van der Waals surface area contributed by atoms with E-state index < -0.39 is 16.9 Å². The lowest BCUT2D eigenvalue weighted by Crippen LogP contribution is -2.30. The second-order valence-corrected chi connectivity index (χ2v) is 7.47. The molecule has 0 fully saturated rings. The molecule has 2 aromatic carbocycles. The van der Waals surface area contributed by atoms with Gasteiger partial charge in [0.25, 0.3) is 11.6 Å². The lowest BCUT2D eigenvalue weighted by atomic mass is 10.3. The fraction of sp³-hybridized carbons (Fsp3) is 0.176. The third-order valence-corrected chi connectivity index (χ3v) is 5.12. The Morgan fingerprint density at radius 2 is 2.04 bits per heavy atom. The summed E-state index contributed by atoms with van der Waals surface area (Å²) in [7, 11) is 1.39. The summed E-state index contributed by atoms with van der Waals surface area (Å²) in [4.78, 5) is 27.2. The molecule has 1 N–H and O–H groups in total. The van der Waals surface area contributed by atoms with Gasteiger partial charge in [-0.15, -0.1) is 0 Å². The van der Waals surface area contributed by atoms with Gasteiger partial charge in [0.15, 0.2) is 17.0 Å². The molecule has 0 aliphatic rings. The Bertz CT molecular complexity index is 1070. The highest BCUT2D eigenvalue weighted by Gasteiger charge is 2.20. The maximum atomic E-state index is 12.4. The van der Waals surface area contributed by atoms with E-state index in [1.54, 1.807) is 19.1 Å². The minimum atomic E-state index is -0.873. The van der Waals surface area contributed by atoms with Crippen LogP contribution in [0.15, 0.2) is 30.3 Å². The molecule has 8 nitrogen and oxygen atoms in total. The van der Waals surface area contributed by atoms with Crippen LogP contribution in [0.3, 0.4) is 0 Å². The van der Waals surface area contributed by atoms with Gasteiger partial charge in [0, 0.05) is 11.1 Å². The summed E-state index contributed by atoms with van der Waals surface area (Å²) in [6.45, 7) is 1.55. The zero-order valence-electron chi connectivity index (χ0n) is 14.6. The number of ether oxygens (including phenoxy) is 2.